The molecule has 5 heteroatoms. The van der Waals surface area contributed by atoms with Crippen molar-refractivity contribution in [2.45, 2.75) is 0 Å². The zero-order valence-corrected chi connectivity index (χ0v) is 11.0. The van der Waals surface area contributed by atoms with E-state index < -0.39 is 11.9 Å². The highest BCUT2D eigenvalue weighted by Crippen LogP contribution is 2.14. The first kappa shape index (κ1) is 14.6. The number of benzene rings is 1. The number of nitrogens with one attached hydrogen (secondary N) is 1. The lowest BCUT2D eigenvalue weighted by atomic mass is 10.2. The number of esters is 1. The van der Waals surface area contributed by atoms with Crippen LogP contribution in [-0.4, -0.2) is 39.1 Å². The standard InChI is InChI=1S/C14H16N2O3/c1-4-8-15-13(17)10-19-14(18)11-6-5-7-12(9-11)16(2)3/h1,5-7,9H,8,10H2,2-3H3,(H,15,17). The second-order valence-electron chi connectivity index (χ2n) is 4.00. The van der Waals surface area contributed by atoms with E-state index in [2.05, 4.69) is 11.2 Å². The van der Waals surface area contributed by atoms with Crippen molar-refractivity contribution in [2.75, 3.05) is 32.1 Å². The molecule has 1 amide bonds. The molecule has 5 nitrogen and oxygen atoms in total. The molecule has 19 heavy (non-hydrogen) atoms. The summed E-state index contributed by atoms with van der Waals surface area (Å²) in [7, 11) is 3.75. The highest BCUT2D eigenvalue weighted by molar-refractivity contribution is 5.92. The van der Waals surface area contributed by atoms with Gasteiger partial charge in [0.05, 0.1) is 12.1 Å². The van der Waals surface area contributed by atoms with Crippen molar-refractivity contribution in [1.82, 2.24) is 5.32 Å². The lowest BCUT2D eigenvalue weighted by Crippen LogP contribution is -2.29. The molecule has 100 valence electrons. The fourth-order valence-corrected chi connectivity index (χ4v) is 1.33. The number of carbonyl (C=O) groups is 2. The zero-order chi connectivity index (χ0) is 14.3. The van der Waals surface area contributed by atoms with Crippen LogP contribution in [0.15, 0.2) is 24.3 Å². The number of amides is 1. The van der Waals surface area contributed by atoms with Gasteiger partial charge in [-0.1, -0.05) is 12.0 Å². The van der Waals surface area contributed by atoms with Gasteiger partial charge in [0, 0.05) is 19.8 Å². The molecule has 1 aromatic carbocycles. The van der Waals surface area contributed by atoms with E-state index in [0.717, 1.165) is 5.69 Å². The molecule has 0 saturated heterocycles. The molecule has 0 spiro atoms. The number of hydrogen-bond acceptors (Lipinski definition) is 4. The third-order valence-electron chi connectivity index (χ3n) is 2.32. The maximum atomic E-state index is 11.7. The highest BCUT2D eigenvalue weighted by Gasteiger charge is 2.10. The van der Waals surface area contributed by atoms with Gasteiger partial charge in [-0.2, -0.15) is 0 Å². The second kappa shape index (κ2) is 7.07. The molecule has 0 unspecified atom stereocenters. The Morgan fingerprint density at radius 1 is 1.42 bits per heavy atom. The Morgan fingerprint density at radius 3 is 2.79 bits per heavy atom. The van der Waals surface area contributed by atoms with Crippen LogP contribution in [0, 0.1) is 12.3 Å². The van der Waals surface area contributed by atoms with Gasteiger partial charge in [0.1, 0.15) is 0 Å². The Hall–Kier alpha value is -2.48. The van der Waals surface area contributed by atoms with Gasteiger partial charge in [0.2, 0.25) is 0 Å². The van der Waals surface area contributed by atoms with Crippen molar-refractivity contribution < 1.29 is 14.3 Å². The van der Waals surface area contributed by atoms with Gasteiger partial charge in [0.15, 0.2) is 6.61 Å². The Balaban J connectivity index is 2.57. The summed E-state index contributed by atoms with van der Waals surface area (Å²) in [5.41, 5.74) is 1.28. The van der Waals surface area contributed by atoms with Crippen LogP contribution in [0.5, 0.6) is 0 Å². The van der Waals surface area contributed by atoms with Crippen molar-refractivity contribution in [3.8, 4) is 12.3 Å². The van der Waals surface area contributed by atoms with Gasteiger partial charge in [-0.25, -0.2) is 4.79 Å². The minimum atomic E-state index is -0.542. The fraction of sp³-hybridized carbons (Fsp3) is 0.286. The molecule has 0 bridgehead atoms. The lowest BCUT2D eigenvalue weighted by molar-refractivity contribution is -0.123. The van der Waals surface area contributed by atoms with Gasteiger partial charge in [0.25, 0.3) is 5.91 Å². The molecular formula is C14H16N2O3. The van der Waals surface area contributed by atoms with Crippen LogP contribution in [0.3, 0.4) is 0 Å². The van der Waals surface area contributed by atoms with Crippen molar-refractivity contribution in [3.63, 3.8) is 0 Å². The SMILES string of the molecule is C#CCNC(=O)COC(=O)c1cccc(N(C)C)c1. The number of nitrogens with zero attached hydrogens (tertiary/aromatic N) is 1. The Kier molecular flexibility index (Phi) is 5.42. The third-order valence-corrected chi connectivity index (χ3v) is 2.32. The maximum absolute atomic E-state index is 11.7. The molecule has 0 fully saturated rings. The van der Waals surface area contributed by atoms with Crippen LogP contribution in [0.1, 0.15) is 10.4 Å². The van der Waals surface area contributed by atoms with Crippen LogP contribution in [-0.2, 0) is 9.53 Å². The summed E-state index contributed by atoms with van der Waals surface area (Å²) >= 11 is 0. The van der Waals surface area contributed by atoms with Gasteiger partial charge in [-0.15, -0.1) is 6.42 Å². The van der Waals surface area contributed by atoms with Crippen molar-refractivity contribution in [3.05, 3.63) is 29.8 Å². The summed E-state index contributed by atoms with van der Waals surface area (Å²) in [4.78, 5) is 24.8. The van der Waals surface area contributed by atoms with E-state index in [9.17, 15) is 9.59 Å². The number of terminal acetylenes is 1. The number of rotatable bonds is 5. The van der Waals surface area contributed by atoms with E-state index in [1.807, 2.05) is 25.1 Å². The summed E-state index contributed by atoms with van der Waals surface area (Å²) in [5.74, 6) is 1.30. The number of carbonyl (C=O) groups excluding carboxylic acids is 2. The number of ether oxygens (including phenoxy) is 1. The van der Waals surface area contributed by atoms with Crippen LogP contribution in [0.2, 0.25) is 0 Å². The van der Waals surface area contributed by atoms with Gasteiger partial charge in [-0.3, -0.25) is 4.79 Å². The van der Waals surface area contributed by atoms with Crippen LogP contribution < -0.4 is 10.2 Å². The van der Waals surface area contributed by atoms with Gasteiger partial charge < -0.3 is 15.0 Å². The maximum Gasteiger partial charge on any atom is 0.338 e. The first-order valence-electron chi connectivity index (χ1n) is 5.69. The average molecular weight is 260 g/mol. The molecule has 1 rings (SSSR count). The first-order chi connectivity index (χ1) is 9.04. The van der Waals surface area contributed by atoms with E-state index in [-0.39, 0.29) is 13.2 Å². The quantitative estimate of drug-likeness (QED) is 0.624. The summed E-state index contributed by atoms with van der Waals surface area (Å²) in [5, 5.41) is 2.41. The largest absolute Gasteiger partial charge is 0.452 e. The molecule has 0 aliphatic heterocycles. The highest BCUT2D eigenvalue weighted by atomic mass is 16.5. The molecule has 0 aliphatic carbocycles. The Labute approximate surface area is 112 Å². The van der Waals surface area contributed by atoms with Gasteiger partial charge in [-0.05, 0) is 18.2 Å². The van der Waals surface area contributed by atoms with Gasteiger partial charge >= 0.3 is 5.97 Å². The van der Waals surface area contributed by atoms with E-state index in [1.54, 1.807) is 18.2 Å². The third kappa shape index (κ3) is 4.72. The molecule has 0 aliphatic rings. The summed E-state index contributed by atoms with van der Waals surface area (Å²) in [6, 6.07) is 6.96. The zero-order valence-electron chi connectivity index (χ0n) is 11.0. The topological polar surface area (TPSA) is 58.6 Å². The van der Waals surface area contributed by atoms with E-state index >= 15 is 0 Å². The Morgan fingerprint density at radius 2 is 2.16 bits per heavy atom. The number of anilines is 1. The lowest BCUT2D eigenvalue weighted by Gasteiger charge is -2.13. The minimum absolute atomic E-state index is 0.118. The molecule has 0 saturated carbocycles. The molecule has 1 N–H and O–H groups in total. The van der Waals surface area contributed by atoms with Crippen LogP contribution in [0.4, 0.5) is 5.69 Å². The predicted octanol–water partition coefficient (Wildman–Crippen LogP) is 0.659. The van der Waals surface area contributed by atoms with E-state index in [4.69, 9.17) is 11.2 Å². The number of hydrogen-bond donors (Lipinski definition) is 1. The van der Waals surface area contributed by atoms with Crippen molar-refractivity contribution in [2.24, 2.45) is 0 Å². The van der Waals surface area contributed by atoms with Crippen molar-refractivity contribution in [1.29, 1.82) is 0 Å². The molecule has 0 radical (unpaired) electrons. The van der Waals surface area contributed by atoms with E-state index in [0.29, 0.717) is 5.56 Å². The normalized spacial score (nSPS) is 9.32. The monoisotopic (exact) mass is 260 g/mol. The summed E-state index contributed by atoms with van der Waals surface area (Å²) in [6.07, 6.45) is 4.99. The molecule has 0 heterocycles. The average Bonchev–Trinajstić information content (AvgIpc) is 2.42. The van der Waals surface area contributed by atoms with Crippen LogP contribution in [0.25, 0.3) is 0 Å². The summed E-state index contributed by atoms with van der Waals surface area (Å²) in [6.45, 7) is -0.223. The summed E-state index contributed by atoms with van der Waals surface area (Å²) < 4.78 is 4.88. The van der Waals surface area contributed by atoms with Crippen molar-refractivity contribution >= 4 is 17.6 Å². The Bertz CT molecular complexity index is 504. The molecular weight excluding hydrogens is 244 g/mol. The fourth-order valence-electron chi connectivity index (χ4n) is 1.33. The first-order valence-corrected chi connectivity index (χ1v) is 5.69. The second-order valence-corrected chi connectivity index (χ2v) is 4.00. The smallest absolute Gasteiger partial charge is 0.338 e. The predicted molar refractivity (Wildman–Crippen MR) is 72.9 cm³/mol. The molecule has 0 atom stereocenters. The molecule has 0 aromatic heterocycles. The van der Waals surface area contributed by atoms with E-state index in [1.165, 1.54) is 0 Å². The minimum Gasteiger partial charge on any atom is -0.452 e. The van der Waals surface area contributed by atoms with Crippen LogP contribution >= 0.6 is 0 Å². The molecule has 1 aromatic rings.